The lowest BCUT2D eigenvalue weighted by Gasteiger charge is -2.18. The van der Waals surface area contributed by atoms with Crippen LogP contribution in [0.15, 0.2) is 18.2 Å². The van der Waals surface area contributed by atoms with Crippen LogP contribution in [0.2, 0.25) is 0 Å². The number of phenolic OH excluding ortho intramolecular Hbond substituents is 1. The zero-order chi connectivity index (χ0) is 19.1. The van der Waals surface area contributed by atoms with E-state index in [-0.39, 0.29) is 16.8 Å². The number of hydrogen-bond donors (Lipinski definition) is 2. The van der Waals surface area contributed by atoms with Crippen molar-refractivity contribution in [2.24, 2.45) is 5.92 Å². The number of ether oxygens (including phenoxy) is 1. The van der Waals surface area contributed by atoms with Crippen LogP contribution in [0.1, 0.15) is 20.3 Å². The van der Waals surface area contributed by atoms with Crippen molar-refractivity contribution in [3.63, 3.8) is 0 Å². The molecule has 2 heterocycles. The molecule has 0 bridgehead atoms. The third-order valence-electron chi connectivity index (χ3n) is 3.87. The molecule has 1 saturated heterocycles. The van der Waals surface area contributed by atoms with Gasteiger partial charge in [0, 0.05) is 11.5 Å². The van der Waals surface area contributed by atoms with Crippen LogP contribution < -0.4 is 13.8 Å². The molecule has 1 fully saturated rings. The number of aromatic nitrogens is 1. The zero-order valence-electron chi connectivity index (χ0n) is 14.2. The Bertz CT molecular complexity index is 977. The highest BCUT2D eigenvalue weighted by molar-refractivity contribution is 7.92. The molecular formula is C16H18FN3O5S. The quantitative estimate of drug-likeness (QED) is 0.813. The Morgan fingerprint density at radius 2 is 2.15 bits per heavy atom. The van der Waals surface area contributed by atoms with Crippen molar-refractivity contribution in [3.05, 3.63) is 24.0 Å². The molecule has 1 aliphatic rings. The third-order valence-corrected chi connectivity index (χ3v) is 5.24. The van der Waals surface area contributed by atoms with Crippen LogP contribution in [-0.4, -0.2) is 37.6 Å². The summed E-state index contributed by atoms with van der Waals surface area (Å²) in [5.41, 5.74) is -0.780. The number of fused-ring (bicyclic) bond motifs is 1. The monoisotopic (exact) mass is 383 g/mol. The molecule has 3 rings (SSSR count). The Hall–Kier alpha value is -2.62. The molecule has 1 amide bonds. The van der Waals surface area contributed by atoms with Gasteiger partial charge in [-0.25, -0.2) is 18.4 Å². The zero-order valence-corrected chi connectivity index (χ0v) is 15.0. The van der Waals surface area contributed by atoms with Gasteiger partial charge < -0.3 is 9.84 Å². The van der Waals surface area contributed by atoms with Gasteiger partial charge in [-0.15, -0.1) is 0 Å². The third kappa shape index (κ3) is 3.36. The molecule has 0 radical (unpaired) electrons. The minimum Gasteiger partial charge on any atom is -0.506 e. The molecule has 1 aromatic carbocycles. The Balaban J connectivity index is 2.04. The highest BCUT2D eigenvalue weighted by Gasteiger charge is 2.38. The van der Waals surface area contributed by atoms with Gasteiger partial charge >= 0.3 is 10.2 Å². The smallest absolute Gasteiger partial charge is 0.326 e. The van der Waals surface area contributed by atoms with E-state index >= 15 is 0 Å². The number of nitrogens with zero attached hydrogens (tertiary/aromatic N) is 2. The summed E-state index contributed by atoms with van der Waals surface area (Å²) in [5.74, 6) is -1.85. The summed E-state index contributed by atoms with van der Waals surface area (Å²) in [6.07, 6.45) is 0.794. The molecule has 0 spiro atoms. The van der Waals surface area contributed by atoms with Crippen LogP contribution in [0.25, 0.3) is 10.9 Å². The van der Waals surface area contributed by atoms with E-state index in [0.717, 1.165) is 6.42 Å². The Morgan fingerprint density at radius 1 is 1.42 bits per heavy atom. The number of phenols is 1. The molecule has 0 atom stereocenters. The summed E-state index contributed by atoms with van der Waals surface area (Å²) in [6.45, 7) is 3.86. The Morgan fingerprint density at radius 3 is 2.77 bits per heavy atom. The standard InChI is InChI=1S/C16H18FN3O5S/c1-9(2)5-6-25-13-4-3-10-7-11(21)16(14(17)15(10)18-13)20-8-12(22)19-26(20,23)24/h3-4,7,9,21H,5-6,8H2,1-2H3,(H,19,22). The van der Waals surface area contributed by atoms with Crippen LogP contribution >= 0.6 is 0 Å². The number of benzene rings is 1. The first-order chi connectivity index (χ1) is 12.2. The molecule has 0 unspecified atom stereocenters. The highest BCUT2D eigenvalue weighted by Crippen LogP contribution is 2.38. The average Bonchev–Trinajstić information content (AvgIpc) is 2.80. The van der Waals surface area contributed by atoms with Gasteiger partial charge in [0.15, 0.2) is 5.82 Å². The largest absolute Gasteiger partial charge is 0.506 e. The van der Waals surface area contributed by atoms with Gasteiger partial charge in [-0.05, 0) is 24.5 Å². The van der Waals surface area contributed by atoms with Crippen molar-refractivity contribution in [3.8, 4) is 11.6 Å². The maximum atomic E-state index is 15.0. The molecular weight excluding hydrogens is 365 g/mol. The van der Waals surface area contributed by atoms with E-state index in [1.54, 1.807) is 10.8 Å². The van der Waals surface area contributed by atoms with E-state index in [2.05, 4.69) is 4.98 Å². The van der Waals surface area contributed by atoms with Crippen LogP contribution in [0.3, 0.4) is 0 Å². The highest BCUT2D eigenvalue weighted by atomic mass is 32.2. The maximum absolute atomic E-state index is 15.0. The van der Waals surface area contributed by atoms with Gasteiger partial charge in [-0.3, -0.25) is 4.79 Å². The predicted octanol–water partition coefficient (Wildman–Crippen LogP) is 1.69. The number of hydrogen-bond acceptors (Lipinski definition) is 6. The van der Waals surface area contributed by atoms with Crippen LogP contribution in [-0.2, 0) is 15.0 Å². The van der Waals surface area contributed by atoms with Gasteiger partial charge in [0.25, 0.3) is 5.91 Å². The second kappa shape index (κ2) is 6.60. The number of carbonyl (C=O) groups is 1. The lowest BCUT2D eigenvalue weighted by Crippen LogP contribution is -2.30. The van der Waals surface area contributed by atoms with E-state index in [4.69, 9.17) is 4.74 Å². The predicted molar refractivity (Wildman–Crippen MR) is 92.7 cm³/mol. The number of rotatable bonds is 5. The number of anilines is 1. The Kier molecular flexibility index (Phi) is 4.61. The number of amides is 1. The summed E-state index contributed by atoms with van der Waals surface area (Å²) in [6, 6.07) is 4.25. The molecule has 2 aromatic rings. The van der Waals surface area contributed by atoms with E-state index in [9.17, 15) is 22.7 Å². The SMILES string of the molecule is CC(C)CCOc1ccc2cc(O)c(N3CC(=O)NS3(=O)=O)c(F)c2n1. The fourth-order valence-corrected chi connectivity index (χ4v) is 3.71. The van der Waals surface area contributed by atoms with E-state index < -0.39 is 39.9 Å². The maximum Gasteiger partial charge on any atom is 0.326 e. The summed E-state index contributed by atoms with van der Waals surface area (Å²) in [5, 5.41) is 10.4. The lowest BCUT2D eigenvalue weighted by molar-refractivity contribution is -0.117. The van der Waals surface area contributed by atoms with Crippen molar-refractivity contribution in [1.29, 1.82) is 0 Å². The minimum atomic E-state index is -4.26. The van der Waals surface area contributed by atoms with Crippen molar-refractivity contribution in [2.75, 3.05) is 17.5 Å². The fraction of sp³-hybridized carbons (Fsp3) is 0.375. The summed E-state index contributed by atoms with van der Waals surface area (Å²) < 4.78 is 46.6. The number of halogens is 1. The van der Waals surface area contributed by atoms with E-state index in [0.29, 0.717) is 16.8 Å². The van der Waals surface area contributed by atoms with E-state index in [1.165, 1.54) is 12.1 Å². The number of nitrogens with one attached hydrogen (secondary N) is 1. The molecule has 0 aliphatic carbocycles. The molecule has 10 heteroatoms. The molecule has 0 saturated carbocycles. The Labute approximate surface area is 149 Å². The molecule has 140 valence electrons. The average molecular weight is 383 g/mol. The second-order valence-corrected chi connectivity index (χ2v) is 7.94. The summed E-state index contributed by atoms with van der Waals surface area (Å²) >= 11 is 0. The fourth-order valence-electron chi connectivity index (χ4n) is 2.55. The van der Waals surface area contributed by atoms with Crippen molar-refractivity contribution < 1.29 is 27.4 Å². The lowest BCUT2D eigenvalue weighted by atomic mass is 10.1. The molecule has 26 heavy (non-hydrogen) atoms. The second-order valence-electron chi connectivity index (χ2n) is 6.35. The molecule has 1 aliphatic heterocycles. The van der Waals surface area contributed by atoms with Gasteiger partial charge in [-0.2, -0.15) is 8.42 Å². The van der Waals surface area contributed by atoms with E-state index in [1.807, 2.05) is 13.8 Å². The molecule has 8 nitrogen and oxygen atoms in total. The van der Waals surface area contributed by atoms with Gasteiger partial charge in [0.2, 0.25) is 5.88 Å². The summed E-state index contributed by atoms with van der Waals surface area (Å²) in [4.78, 5) is 15.5. The molecule has 2 N–H and O–H groups in total. The topological polar surface area (TPSA) is 109 Å². The first-order valence-electron chi connectivity index (χ1n) is 7.97. The van der Waals surface area contributed by atoms with Gasteiger partial charge in [-0.1, -0.05) is 13.8 Å². The van der Waals surface area contributed by atoms with Crippen LogP contribution in [0.5, 0.6) is 11.6 Å². The molecule has 1 aromatic heterocycles. The van der Waals surface area contributed by atoms with Gasteiger partial charge in [0.05, 0.1) is 6.61 Å². The minimum absolute atomic E-state index is 0.158. The number of pyridine rings is 1. The summed E-state index contributed by atoms with van der Waals surface area (Å²) in [7, 11) is -4.26. The van der Waals surface area contributed by atoms with Crippen molar-refractivity contribution >= 4 is 32.7 Å². The normalized spacial score (nSPS) is 16.3. The first-order valence-corrected chi connectivity index (χ1v) is 9.41. The number of aromatic hydroxyl groups is 1. The van der Waals surface area contributed by atoms with Crippen molar-refractivity contribution in [2.45, 2.75) is 20.3 Å². The van der Waals surface area contributed by atoms with Crippen LogP contribution in [0, 0.1) is 11.7 Å². The van der Waals surface area contributed by atoms with Gasteiger partial charge in [0.1, 0.15) is 23.5 Å². The number of carbonyl (C=O) groups excluding carboxylic acids is 1. The first kappa shape index (κ1) is 18.2. The van der Waals surface area contributed by atoms with Crippen molar-refractivity contribution in [1.82, 2.24) is 9.71 Å². The van der Waals surface area contributed by atoms with Crippen LogP contribution in [0.4, 0.5) is 10.1 Å².